The monoisotopic (exact) mass is 387 g/mol. The summed E-state index contributed by atoms with van der Waals surface area (Å²) in [4.78, 5) is 17.4. The van der Waals surface area contributed by atoms with Crippen LogP contribution >= 0.6 is 0 Å². The van der Waals surface area contributed by atoms with Crippen LogP contribution in [0.3, 0.4) is 0 Å². The van der Waals surface area contributed by atoms with Gasteiger partial charge in [-0.2, -0.15) is 0 Å². The third kappa shape index (κ3) is 3.25. The highest BCUT2D eigenvalue weighted by Crippen LogP contribution is 2.27. The van der Waals surface area contributed by atoms with Crippen molar-refractivity contribution in [1.29, 1.82) is 0 Å². The highest BCUT2D eigenvalue weighted by molar-refractivity contribution is 5.95. The molecule has 0 aliphatic carbocycles. The Bertz CT molecular complexity index is 1030. The van der Waals surface area contributed by atoms with Crippen molar-refractivity contribution in [3.8, 4) is 11.3 Å². The second-order valence-corrected chi connectivity index (χ2v) is 6.87. The number of ether oxygens (including phenoxy) is 1. The first-order valence-corrected chi connectivity index (χ1v) is 8.97. The maximum atomic E-state index is 13.7. The number of aliphatic hydroxyl groups excluding tert-OH is 1. The summed E-state index contributed by atoms with van der Waals surface area (Å²) in [5.74, 6) is -2.28. The molecule has 1 amide bonds. The molecule has 0 saturated carbocycles. The quantitative estimate of drug-likeness (QED) is 0.722. The Hall–Kier alpha value is -2.84. The molecule has 2 aromatic heterocycles. The topological polar surface area (TPSA) is 75.9 Å². The number of aromatic nitrogens is 2. The number of aliphatic hydroxyl groups is 1. The minimum Gasteiger partial charge on any atom is -0.394 e. The van der Waals surface area contributed by atoms with Crippen LogP contribution < -0.4 is 5.32 Å². The fourth-order valence-electron chi connectivity index (χ4n) is 3.44. The number of fused-ring (bicyclic) bond motifs is 1. The summed E-state index contributed by atoms with van der Waals surface area (Å²) in [6, 6.07) is 8.77. The summed E-state index contributed by atoms with van der Waals surface area (Å²) in [6.45, 7) is 0.688. The van der Waals surface area contributed by atoms with Gasteiger partial charge in [0, 0.05) is 25.0 Å². The van der Waals surface area contributed by atoms with Crippen LogP contribution in [0.15, 0.2) is 42.6 Å². The van der Waals surface area contributed by atoms with Crippen LogP contribution in [0.2, 0.25) is 0 Å². The van der Waals surface area contributed by atoms with Crippen LogP contribution in [0, 0.1) is 11.6 Å². The van der Waals surface area contributed by atoms with E-state index >= 15 is 0 Å². The van der Waals surface area contributed by atoms with Gasteiger partial charge in [0.15, 0.2) is 11.6 Å². The molecule has 1 aromatic carbocycles. The normalized spacial score (nSPS) is 16.2. The Morgan fingerprint density at radius 1 is 1.21 bits per heavy atom. The maximum Gasteiger partial charge on any atom is 0.288 e. The predicted octanol–water partition coefficient (Wildman–Crippen LogP) is 2.55. The van der Waals surface area contributed by atoms with E-state index in [1.165, 1.54) is 6.07 Å². The average molecular weight is 387 g/mol. The Kier molecular flexibility index (Phi) is 4.82. The lowest BCUT2D eigenvalue weighted by molar-refractivity contribution is 0.0123. The molecule has 0 radical (unpaired) electrons. The number of carbonyl (C=O) groups excluding carboxylic acids is 1. The summed E-state index contributed by atoms with van der Waals surface area (Å²) in [5.41, 5.74) is 0.556. The van der Waals surface area contributed by atoms with Crippen molar-refractivity contribution in [3.05, 3.63) is 60.1 Å². The van der Waals surface area contributed by atoms with E-state index in [2.05, 4.69) is 10.3 Å². The third-order valence-corrected chi connectivity index (χ3v) is 5.08. The summed E-state index contributed by atoms with van der Waals surface area (Å²) in [5, 5.41) is 12.7. The number of nitrogens with one attached hydrogen (secondary N) is 1. The molecule has 0 atom stereocenters. The molecule has 0 bridgehead atoms. The van der Waals surface area contributed by atoms with Crippen LogP contribution in [-0.2, 0) is 4.74 Å². The van der Waals surface area contributed by atoms with E-state index in [-0.39, 0.29) is 12.4 Å². The minimum atomic E-state index is -0.984. The molecule has 1 aliphatic heterocycles. The van der Waals surface area contributed by atoms with Crippen molar-refractivity contribution in [2.75, 3.05) is 19.8 Å². The fourth-order valence-corrected chi connectivity index (χ4v) is 3.44. The van der Waals surface area contributed by atoms with Crippen molar-refractivity contribution in [1.82, 2.24) is 14.7 Å². The third-order valence-electron chi connectivity index (χ3n) is 5.08. The van der Waals surface area contributed by atoms with E-state index in [1.807, 2.05) is 0 Å². The van der Waals surface area contributed by atoms with E-state index < -0.39 is 23.1 Å². The molecule has 0 spiro atoms. The predicted molar refractivity (Wildman–Crippen MR) is 97.9 cm³/mol. The van der Waals surface area contributed by atoms with Crippen LogP contribution in [0.25, 0.3) is 16.8 Å². The number of benzene rings is 1. The van der Waals surface area contributed by atoms with Crippen LogP contribution in [0.4, 0.5) is 8.78 Å². The number of carbonyl (C=O) groups is 1. The van der Waals surface area contributed by atoms with E-state index in [1.54, 1.807) is 28.8 Å². The zero-order chi connectivity index (χ0) is 19.7. The summed E-state index contributed by atoms with van der Waals surface area (Å²) >= 11 is 0. The van der Waals surface area contributed by atoms with Crippen LogP contribution in [0.1, 0.15) is 23.5 Å². The lowest BCUT2D eigenvalue weighted by atomic mass is 9.91. The average Bonchev–Trinajstić information content (AvgIpc) is 3.11. The van der Waals surface area contributed by atoms with Gasteiger partial charge >= 0.3 is 0 Å². The number of halogens is 2. The zero-order valence-electron chi connectivity index (χ0n) is 15.0. The smallest absolute Gasteiger partial charge is 0.288 e. The van der Waals surface area contributed by atoms with Crippen molar-refractivity contribution < 1.29 is 23.4 Å². The molecule has 1 saturated heterocycles. The Morgan fingerprint density at radius 2 is 2.00 bits per heavy atom. The Morgan fingerprint density at radius 3 is 2.71 bits per heavy atom. The van der Waals surface area contributed by atoms with Crippen LogP contribution in [-0.4, -0.2) is 45.8 Å². The van der Waals surface area contributed by atoms with E-state index in [0.29, 0.717) is 42.8 Å². The van der Waals surface area contributed by atoms with Gasteiger partial charge in [-0.3, -0.25) is 9.20 Å². The first-order chi connectivity index (χ1) is 13.5. The van der Waals surface area contributed by atoms with Gasteiger partial charge in [0.2, 0.25) is 5.82 Å². The molecular formula is C20H19F2N3O3. The molecule has 6 nitrogen and oxygen atoms in total. The molecule has 1 aliphatic rings. The summed E-state index contributed by atoms with van der Waals surface area (Å²) in [7, 11) is 0. The fraction of sp³-hybridized carbons (Fsp3) is 0.300. The number of hydrogen-bond donors (Lipinski definition) is 2. The van der Waals surface area contributed by atoms with Crippen molar-refractivity contribution in [2.24, 2.45) is 0 Å². The molecule has 28 heavy (non-hydrogen) atoms. The zero-order valence-corrected chi connectivity index (χ0v) is 15.0. The molecule has 1 fully saturated rings. The van der Waals surface area contributed by atoms with Gasteiger partial charge in [-0.1, -0.05) is 6.07 Å². The molecule has 0 unspecified atom stereocenters. The molecular weight excluding hydrogens is 368 g/mol. The van der Waals surface area contributed by atoms with E-state index in [0.717, 1.165) is 12.1 Å². The van der Waals surface area contributed by atoms with E-state index in [9.17, 15) is 18.7 Å². The SMILES string of the molecule is O=C(NC1(CO)CCOCC1)c1nc(-c2ccc(F)c(F)c2)c2ccccn12. The first kappa shape index (κ1) is 18.5. The van der Waals surface area contributed by atoms with Gasteiger partial charge < -0.3 is 15.2 Å². The highest BCUT2D eigenvalue weighted by Gasteiger charge is 2.35. The molecule has 146 valence electrons. The maximum absolute atomic E-state index is 13.7. The summed E-state index contributed by atoms with van der Waals surface area (Å²) in [6.07, 6.45) is 2.67. The number of amides is 1. The number of nitrogens with zero attached hydrogens (tertiary/aromatic N) is 2. The lowest BCUT2D eigenvalue weighted by Crippen LogP contribution is -2.54. The molecule has 8 heteroatoms. The number of rotatable bonds is 4. The number of imidazole rings is 1. The molecule has 3 heterocycles. The van der Waals surface area contributed by atoms with Gasteiger partial charge in [-0.05, 0) is 43.2 Å². The largest absolute Gasteiger partial charge is 0.394 e. The lowest BCUT2D eigenvalue weighted by Gasteiger charge is -2.36. The standard InChI is InChI=1S/C20H19F2N3O3/c21-14-5-4-13(11-15(14)22)17-16-3-1-2-8-25(16)18(23-17)19(27)24-20(12-26)6-9-28-10-7-20/h1-5,8,11,26H,6-7,9-10,12H2,(H,24,27). The van der Waals surface area contributed by atoms with Gasteiger partial charge in [-0.15, -0.1) is 0 Å². The minimum absolute atomic E-state index is 0.106. The van der Waals surface area contributed by atoms with Gasteiger partial charge in [0.05, 0.1) is 23.4 Å². The van der Waals surface area contributed by atoms with Crippen LogP contribution in [0.5, 0.6) is 0 Å². The van der Waals surface area contributed by atoms with Crippen molar-refractivity contribution in [2.45, 2.75) is 18.4 Å². The van der Waals surface area contributed by atoms with Gasteiger partial charge in [0.1, 0.15) is 0 Å². The molecule has 4 rings (SSSR count). The molecule has 2 N–H and O–H groups in total. The number of pyridine rings is 1. The van der Waals surface area contributed by atoms with Gasteiger partial charge in [-0.25, -0.2) is 13.8 Å². The second-order valence-electron chi connectivity index (χ2n) is 6.87. The second kappa shape index (κ2) is 7.29. The first-order valence-electron chi connectivity index (χ1n) is 8.97. The number of hydrogen-bond acceptors (Lipinski definition) is 4. The van der Waals surface area contributed by atoms with Crippen molar-refractivity contribution in [3.63, 3.8) is 0 Å². The Balaban J connectivity index is 1.75. The van der Waals surface area contributed by atoms with Gasteiger partial charge in [0.25, 0.3) is 5.91 Å². The van der Waals surface area contributed by atoms with Crippen molar-refractivity contribution >= 4 is 11.4 Å². The highest BCUT2D eigenvalue weighted by atomic mass is 19.2. The van der Waals surface area contributed by atoms with E-state index in [4.69, 9.17) is 4.74 Å². The molecule has 3 aromatic rings. The summed E-state index contributed by atoms with van der Waals surface area (Å²) < 4.78 is 33.9. The Labute approximate surface area is 159 Å².